The lowest BCUT2D eigenvalue weighted by Crippen LogP contribution is -2.41. The number of hydrogen-bond donors (Lipinski definition) is 2. The van der Waals surface area contributed by atoms with E-state index >= 15 is 0 Å². The number of carbonyl (C=O) groups is 1. The minimum Gasteiger partial charge on any atom is -0.354 e. The number of benzene rings is 1. The summed E-state index contributed by atoms with van der Waals surface area (Å²) in [5, 5.41) is 16.2. The van der Waals surface area contributed by atoms with E-state index in [1.165, 1.54) is 12.1 Å². The van der Waals surface area contributed by atoms with E-state index in [0.29, 0.717) is 12.2 Å². The van der Waals surface area contributed by atoms with Crippen molar-refractivity contribution in [2.75, 3.05) is 23.3 Å². The number of nitrogens with one attached hydrogen (secondary N) is 1. The fourth-order valence-electron chi connectivity index (χ4n) is 2.95. The summed E-state index contributed by atoms with van der Waals surface area (Å²) in [6.45, 7) is 3.24. The Hall–Kier alpha value is -2.52. The first-order valence-corrected chi connectivity index (χ1v) is 9.86. The van der Waals surface area contributed by atoms with Crippen molar-refractivity contribution >= 4 is 27.4 Å². The first kappa shape index (κ1) is 18.3. The molecule has 1 saturated heterocycles. The average molecular weight is 375 g/mol. The van der Waals surface area contributed by atoms with Gasteiger partial charge in [0.15, 0.2) is 5.82 Å². The van der Waals surface area contributed by atoms with E-state index < -0.39 is 10.0 Å². The number of hydrogen-bond acceptors (Lipinski definition) is 6. The zero-order chi connectivity index (χ0) is 18.7. The normalized spacial score (nSPS) is 17.8. The molecule has 9 heteroatoms. The molecule has 3 rings (SSSR count). The summed E-state index contributed by atoms with van der Waals surface area (Å²) in [5.74, 6) is 0.385. The van der Waals surface area contributed by atoms with Crippen molar-refractivity contribution in [2.24, 2.45) is 11.1 Å². The van der Waals surface area contributed by atoms with Crippen LogP contribution in [0.4, 0.5) is 11.5 Å². The predicted octanol–water partition coefficient (Wildman–Crippen LogP) is 1.29. The molecule has 2 aromatic rings. The Bertz CT molecular complexity index is 899. The van der Waals surface area contributed by atoms with Crippen LogP contribution in [-0.2, 0) is 14.8 Å². The fourth-order valence-corrected chi connectivity index (χ4v) is 3.51. The van der Waals surface area contributed by atoms with E-state index in [9.17, 15) is 13.2 Å². The Labute approximate surface area is 152 Å². The Balaban J connectivity index is 1.69. The first-order chi connectivity index (χ1) is 12.3. The minimum absolute atomic E-state index is 0.0319. The lowest BCUT2D eigenvalue weighted by Gasteiger charge is -2.32. The van der Waals surface area contributed by atoms with E-state index in [1.54, 1.807) is 12.1 Å². The van der Waals surface area contributed by atoms with Crippen LogP contribution >= 0.6 is 0 Å². The molecule has 1 fully saturated rings. The predicted molar refractivity (Wildman–Crippen MR) is 98.2 cm³/mol. The highest BCUT2D eigenvalue weighted by Crippen LogP contribution is 2.23. The van der Waals surface area contributed by atoms with Gasteiger partial charge in [0.05, 0.1) is 16.5 Å². The number of anilines is 2. The quantitative estimate of drug-likeness (QED) is 0.831. The maximum absolute atomic E-state index is 12.6. The molecule has 26 heavy (non-hydrogen) atoms. The average Bonchev–Trinajstić information content (AvgIpc) is 2.62. The summed E-state index contributed by atoms with van der Waals surface area (Å²) in [6.07, 6.45) is 1.63. The number of nitrogens with zero attached hydrogens (tertiary/aromatic N) is 3. The van der Waals surface area contributed by atoms with Crippen LogP contribution in [0.5, 0.6) is 0 Å². The van der Waals surface area contributed by atoms with Gasteiger partial charge in [0.2, 0.25) is 15.9 Å². The van der Waals surface area contributed by atoms with Gasteiger partial charge in [-0.15, -0.1) is 5.10 Å². The van der Waals surface area contributed by atoms with Gasteiger partial charge in [0, 0.05) is 18.8 Å². The molecule has 2 heterocycles. The van der Waals surface area contributed by atoms with Crippen molar-refractivity contribution in [2.45, 2.75) is 24.7 Å². The number of aromatic nitrogens is 2. The van der Waals surface area contributed by atoms with Gasteiger partial charge in [0.1, 0.15) is 0 Å². The monoisotopic (exact) mass is 375 g/mol. The van der Waals surface area contributed by atoms with Crippen LogP contribution in [0.2, 0.25) is 0 Å². The Morgan fingerprint density at radius 3 is 2.77 bits per heavy atom. The number of amides is 1. The van der Waals surface area contributed by atoms with Gasteiger partial charge in [-0.2, -0.15) is 5.10 Å². The van der Waals surface area contributed by atoms with Gasteiger partial charge in [-0.25, -0.2) is 13.6 Å². The number of primary sulfonamides is 1. The number of rotatable bonds is 4. The molecule has 8 nitrogen and oxygen atoms in total. The first-order valence-electron chi connectivity index (χ1n) is 8.32. The van der Waals surface area contributed by atoms with Crippen LogP contribution in [0, 0.1) is 12.8 Å². The topological polar surface area (TPSA) is 118 Å². The third-order valence-electron chi connectivity index (χ3n) is 4.33. The van der Waals surface area contributed by atoms with Crippen LogP contribution in [0.25, 0.3) is 0 Å². The summed E-state index contributed by atoms with van der Waals surface area (Å²) in [4.78, 5) is 14.6. The lowest BCUT2D eigenvalue weighted by molar-refractivity contribution is -0.120. The molecule has 1 aliphatic heterocycles. The standard InChI is InChI=1S/C17H21N5O3S/c1-12-7-8-16(21-20-12)22-9-3-4-13(11-22)17(23)19-14-5-2-6-15(10-14)26(18,24)25/h2,5-8,10,13H,3-4,9,11H2,1H3,(H,19,23)(H2,18,24,25). The van der Waals surface area contributed by atoms with Crippen LogP contribution in [0.15, 0.2) is 41.3 Å². The maximum Gasteiger partial charge on any atom is 0.238 e. The lowest BCUT2D eigenvalue weighted by atomic mass is 9.97. The minimum atomic E-state index is -3.81. The molecule has 1 aromatic carbocycles. The molecule has 0 spiro atoms. The van der Waals surface area contributed by atoms with Gasteiger partial charge >= 0.3 is 0 Å². The number of carbonyl (C=O) groups excluding carboxylic acids is 1. The highest BCUT2D eigenvalue weighted by atomic mass is 32.2. The van der Waals surface area contributed by atoms with Gasteiger partial charge in [-0.05, 0) is 50.1 Å². The zero-order valence-electron chi connectivity index (χ0n) is 14.4. The fraction of sp³-hybridized carbons (Fsp3) is 0.353. The van der Waals surface area contributed by atoms with Gasteiger partial charge in [-0.1, -0.05) is 6.07 Å². The summed E-state index contributed by atoms with van der Waals surface area (Å²) in [7, 11) is -3.81. The molecule has 0 saturated carbocycles. The summed E-state index contributed by atoms with van der Waals surface area (Å²) >= 11 is 0. The summed E-state index contributed by atoms with van der Waals surface area (Å²) in [6, 6.07) is 9.73. The molecule has 1 aromatic heterocycles. The van der Waals surface area contributed by atoms with Crippen molar-refractivity contribution < 1.29 is 13.2 Å². The van der Waals surface area contributed by atoms with Crippen molar-refractivity contribution in [1.82, 2.24) is 10.2 Å². The number of sulfonamides is 1. The molecule has 3 N–H and O–H groups in total. The SMILES string of the molecule is Cc1ccc(N2CCCC(C(=O)Nc3cccc(S(N)(=O)=O)c3)C2)nn1. The van der Waals surface area contributed by atoms with E-state index in [2.05, 4.69) is 15.5 Å². The van der Waals surface area contributed by atoms with Crippen molar-refractivity contribution in [3.8, 4) is 0 Å². The molecule has 1 atom stereocenters. The van der Waals surface area contributed by atoms with Crippen molar-refractivity contribution in [3.05, 3.63) is 42.1 Å². The highest BCUT2D eigenvalue weighted by Gasteiger charge is 2.27. The molecule has 138 valence electrons. The van der Waals surface area contributed by atoms with Gasteiger partial charge in [-0.3, -0.25) is 4.79 Å². The van der Waals surface area contributed by atoms with Gasteiger partial charge < -0.3 is 10.2 Å². The maximum atomic E-state index is 12.6. The van der Waals surface area contributed by atoms with Crippen LogP contribution in [0.1, 0.15) is 18.5 Å². The Morgan fingerprint density at radius 1 is 1.27 bits per heavy atom. The Morgan fingerprint density at radius 2 is 2.08 bits per heavy atom. The molecule has 0 bridgehead atoms. The zero-order valence-corrected chi connectivity index (χ0v) is 15.2. The second kappa shape index (κ2) is 7.38. The van der Waals surface area contributed by atoms with Crippen molar-refractivity contribution in [1.29, 1.82) is 0 Å². The van der Waals surface area contributed by atoms with Crippen LogP contribution in [-0.4, -0.2) is 37.6 Å². The van der Waals surface area contributed by atoms with E-state index in [1.807, 2.05) is 24.0 Å². The van der Waals surface area contributed by atoms with E-state index in [4.69, 9.17) is 5.14 Å². The molecule has 0 aliphatic carbocycles. The van der Waals surface area contributed by atoms with Crippen LogP contribution in [0.3, 0.4) is 0 Å². The second-order valence-electron chi connectivity index (χ2n) is 6.38. The third-order valence-corrected chi connectivity index (χ3v) is 5.24. The van der Waals surface area contributed by atoms with Crippen molar-refractivity contribution in [3.63, 3.8) is 0 Å². The van der Waals surface area contributed by atoms with Gasteiger partial charge in [0.25, 0.3) is 0 Å². The largest absolute Gasteiger partial charge is 0.354 e. The van der Waals surface area contributed by atoms with E-state index in [-0.39, 0.29) is 16.7 Å². The molecule has 1 unspecified atom stereocenters. The smallest absolute Gasteiger partial charge is 0.238 e. The number of piperidine rings is 1. The number of aryl methyl sites for hydroxylation is 1. The third kappa shape index (κ3) is 4.36. The summed E-state index contributed by atoms with van der Waals surface area (Å²) < 4.78 is 22.9. The Kier molecular flexibility index (Phi) is 5.19. The number of nitrogens with two attached hydrogens (primary N) is 1. The highest BCUT2D eigenvalue weighted by molar-refractivity contribution is 7.89. The van der Waals surface area contributed by atoms with Crippen LogP contribution < -0.4 is 15.4 Å². The molecule has 1 aliphatic rings. The molecule has 1 amide bonds. The molecular formula is C17H21N5O3S. The second-order valence-corrected chi connectivity index (χ2v) is 7.94. The molecule has 0 radical (unpaired) electrons. The molecular weight excluding hydrogens is 354 g/mol. The van der Waals surface area contributed by atoms with E-state index in [0.717, 1.165) is 30.9 Å². The summed E-state index contributed by atoms with van der Waals surface area (Å²) in [5.41, 5.74) is 1.25.